The van der Waals surface area contributed by atoms with Crippen molar-refractivity contribution in [3.8, 4) is 0 Å². The van der Waals surface area contributed by atoms with E-state index in [2.05, 4.69) is 48.9 Å². The van der Waals surface area contributed by atoms with E-state index in [1.54, 1.807) is 7.11 Å². The van der Waals surface area contributed by atoms with Crippen molar-refractivity contribution in [3.05, 3.63) is 17.5 Å². The van der Waals surface area contributed by atoms with Gasteiger partial charge in [-0.1, -0.05) is 20.8 Å². The van der Waals surface area contributed by atoms with E-state index in [0.717, 1.165) is 39.1 Å². The largest absolute Gasteiger partial charge is 0.383 e. The van der Waals surface area contributed by atoms with Crippen molar-refractivity contribution >= 4 is 0 Å². The summed E-state index contributed by atoms with van der Waals surface area (Å²) in [6.07, 6.45) is 2.06. The van der Waals surface area contributed by atoms with E-state index in [1.807, 2.05) is 0 Å². The van der Waals surface area contributed by atoms with Crippen molar-refractivity contribution in [1.29, 1.82) is 0 Å². The maximum atomic E-state index is 5.05. The summed E-state index contributed by atoms with van der Waals surface area (Å²) in [6, 6.07) is 2.25. The number of methoxy groups -OCH3 is 1. The van der Waals surface area contributed by atoms with Gasteiger partial charge in [-0.2, -0.15) is 5.10 Å². The highest BCUT2D eigenvalue weighted by molar-refractivity contribution is 5.12. The number of aromatic nitrogens is 2. The fourth-order valence-corrected chi connectivity index (χ4v) is 2.26. The average Bonchev–Trinajstić information content (AvgIpc) is 2.76. The van der Waals surface area contributed by atoms with Crippen LogP contribution >= 0.6 is 0 Å². The molecule has 1 heterocycles. The lowest BCUT2D eigenvalue weighted by Gasteiger charge is -2.25. The number of nitrogens with one attached hydrogen (secondary N) is 1. The van der Waals surface area contributed by atoms with E-state index in [-0.39, 0.29) is 5.41 Å². The Hall–Kier alpha value is -0.870. The van der Waals surface area contributed by atoms with Gasteiger partial charge in [0.05, 0.1) is 12.3 Å². The molecule has 0 saturated carbocycles. The molecule has 0 amide bonds. The third-order valence-electron chi connectivity index (χ3n) is 3.32. The summed E-state index contributed by atoms with van der Waals surface area (Å²) in [6.45, 7) is 12.5. The molecule has 1 aromatic rings. The second-order valence-electron chi connectivity index (χ2n) is 5.81. The van der Waals surface area contributed by atoms with Gasteiger partial charge in [-0.3, -0.25) is 4.68 Å². The minimum absolute atomic E-state index is 0.228. The van der Waals surface area contributed by atoms with Crippen LogP contribution in [0.5, 0.6) is 0 Å². The molecule has 4 nitrogen and oxygen atoms in total. The Morgan fingerprint density at radius 2 is 2.11 bits per heavy atom. The molecule has 0 bridgehead atoms. The van der Waals surface area contributed by atoms with E-state index in [4.69, 9.17) is 4.74 Å². The van der Waals surface area contributed by atoms with Gasteiger partial charge in [-0.05, 0) is 31.2 Å². The zero-order valence-corrected chi connectivity index (χ0v) is 13.1. The molecule has 1 rings (SSSR count). The first kappa shape index (κ1) is 16.2. The van der Waals surface area contributed by atoms with Gasteiger partial charge in [0.1, 0.15) is 0 Å². The highest BCUT2D eigenvalue weighted by Gasteiger charge is 2.20. The molecular weight excluding hydrogens is 238 g/mol. The van der Waals surface area contributed by atoms with Gasteiger partial charge >= 0.3 is 0 Å². The zero-order chi connectivity index (χ0) is 14.3. The van der Waals surface area contributed by atoms with Crippen LogP contribution in [0.25, 0.3) is 0 Å². The van der Waals surface area contributed by atoms with Crippen molar-refractivity contribution in [2.45, 2.75) is 47.1 Å². The SMILES string of the molecule is CCc1cc(CC(C)(C)CNCCOC)n(CC)n1. The lowest BCUT2D eigenvalue weighted by atomic mass is 9.87. The molecular formula is C15H29N3O. The Labute approximate surface area is 117 Å². The van der Waals surface area contributed by atoms with Crippen LogP contribution in [-0.4, -0.2) is 36.6 Å². The summed E-state index contributed by atoms with van der Waals surface area (Å²) in [5.74, 6) is 0. The van der Waals surface area contributed by atoms with Gasteiger partial charge in [-0.25, -0.2) is 0 Å². The van der Waals surface area contributed by atoms with Crippen LogP contribution < -0.4 is 5.32 Å². The highest BCUT2D eigenvalue weighted by Crippen LogP contribution is 2.21. The predicted molar refractivity (Wildman–Crippen MR) is 79.5 cm³/mol. The molecule has 0 fully saturated rings. The summed E-state index contributed by atoms with van der Waals surface area (Å²) in [7, 11) is 1.74. The summed E-state index contributed by atoms with van der Waals surface area (Å²) in [5, 5.41) is 8.07. The monoisotopic (exact) mass is 267 g/mol. The molecule has 0 aliphatic rings. The van der Waals surface area contributed by atoms with Crippen molar-refractivity contribution in [3.63, 3.8) is 0 Å². The second kappa shape index (κ2) is 7.65. The van der Waals surface area contributed by atoms with Crippen molar-refractivity contribution < 1.29 is 4.74 Å². The smallest absolute Gasteiger partial charge is 0.0624 e. The average molecular weight is 267 g/mol. The van der Waals surface area contributed by atoms with E-state index in [9.17, 15) is 0 Å². The summed E-state index contributed by atoms with van der Waals surface area (Å²) >= 11 is 0. The van der Waals surface area contributed by atoms with E-state index >= 15 is 0 Å². The standard InChI is InChI=1S/C15H29N3O/c1-6-13-10-14(18(7-2)17-13)11-15(3,4)12-16-8-9-19-5/h10,16H,6-9,11-12H2,1-5H3. The van der Waals surface area contributed by atoms with Crippen molar-refractivity contribution in [2.24, 2.45) is 5.41 Å². The minimum Gasteiger partial charge on any atom is -0.383 e. The number of rotatable bonds is 9. The van der Waals surface area contributed by atoms with Gasteiger partial charge in [0.15, 0.2) is 0 Å². The molecule has 1 N–H and O–H groups in total. The molecule has 0 aromatic carbocycles. The molecule has 0 saturated heterocycles. The van der Waals surface area contributed by atoms with E-state index in [1.165, 1.54) is 11.4 Å². The van der Waals surface area contributed by atoms with E-state index < -0.39 is 0 Å². The summed E-state index contributed by atoms with van der Waals surface area (Å²) < 4.78 is 7.19. The Balaban J connectivity index is 2.58. The Kier molecular flexibility index (Phi) is 6.52. The molecule has 19 heavy (non-hydrogen) atoms. The van der Waals surface area contributed by atoms with Crippen LogP contribution in [0.3, 0.4) is 0 Å². The number of hydrogen-bond acceptors (Lipinski definition) is 3. The lowest BCUT2D eigenvalue weighted by Crippen LogP contribution is -2.33. The third-order valence-corrected chi connectivity index (χ3v) is 3.32. The first-order chi connectivity index (χ1) is 9.02. The molecule has 0 spiro atoms. The Bertz CT molecular complexity index is 371. The summed E-state index contributed by atoms with van der Waals surface area (Å²) in [5.41, 5.74) is 2.77. The number of aryl methyl sites for hydroxylation is 2. The van der Waals surface area contributed by atoms with Crippen molar-refractivity contribution in [2.75, 3.05) is 26.8 Å². The van der Waals surface area contributed by atoms with Crippen LogP contribution in [-0.2, 0) is 24.1 Å². The van der Waals surface area contributed by atoms with Gasteiger partial charge in [0.2, 0.25) is 0 Å². The lowest BCUT2D eigenvalue weighted by molar-refractivity contribution is 0.193. The molecule has 0 radical (unpaired) electrons. The van der Waals surface area contributed by atoms with Gasteiger partial charge in [-0.15, -0.1) is 0 Å². The molecule has 0 unspecified atom stereocenters. The molecule has 4 heteroatoms. The quantitative estimate of drug-likeness (QED) is 0.698. The predicted octanol–water partition coefficient (Wildman–Crippen LogP) is 2.27. The van der Waals surface area contributed by atoms with Crippen molar-refractivity contribution in [1.82, 2.24) is 15.1 Å². The second-order valence-corrected chi connectivity index (χ2v) is 5.81. The fraction of sp³-hybridized carbons (Fsp3) is 0.800. The minimum atomic E-state index is 0.228. The highest BCUT2D eigenvalue weighted by atomic mass is 16.5. The number of hydrogen-bond donors (Lipinski definition) is 1. The number of nitrogens with zero attached hydrogens (tertiary/aromatic N) is 2. The molecule has 110 valence electrons. The maximum absolute atomic E-state index is 5.05. The van der Waals surface area contributed by atoms with Gasteiger partial charge < -0.3 is 10.1 Å². The molecule has 0 aliphatic carbocycles. The maximum Gasteiger partial charge on any atom is 0.0624 e. The van der Waals surface area contributed by atoms with E-state index in [0.29, 0.717) is 0 Å². The van der Waals surface area contributed by atoms with Crippen LogP contribution in [0.2, 0.25) is 0 Å². The normalized spacial score (nSPS) is 12.1. The third kappa shape index (κ3) is 5.33. The van der Waals surface area contributed by atoms with Crippen LogP contribution in [0.4, 0.5) is 0 Å². The molecule has 1 aromatic heterocycles. The Morgan fingerprint density at radius 1 is 1.37 bits per heavy atom. The van der Waals surface area contributed by atoms with Crippen LogP contribution in [0.15, 0.2) is 6.07 Å². The van der Waals surface area contributed by atoms with Crippen LogP contribution in [0.1, 0.15) is 39.1 Å². The van der Waals surface area contributed by atoms with Crippen LogP contribution in [0, 0.1) is 5.41 Å². The first-order valence-corrected chi connectivity index (χ1v) is 7.27. The summed E-state index contributed by atoms with van der Waals surface area (Å²) in [4.78, 5) is 0. The van der Waals surface area contributed by atoms with Gasteiger partial charge in [0.25, 0.3) is 0 Å². The van der Waals surface area contributed by atoms with Gasteiger partial charge in [0, 0.05) is 32.4 Å². The fourth-order valence-electron chi connectivity index (χ4n) is 2.26. The Morgan fingerprint density at radius 3 is 2.68 bits per heavy atom. The topological polar surface area (TPSA) is 39.1 Å². The molecule has 0 aliphatic heterocycles. The molecule has 0 atom stereocenters. The number of ether oxygens (including phenoxy) is 1. The first-order valence-electron chi connectivity index (χ1n) is 7.27. The zero-order valence-electron chi connectivity index (χ0n) is 13.1.